The zero-order valence-corrected chi connectivity index (χ0v) is 13.2. The molecule has 0 unspecified atom stereocenters. The number of hydrogen-bond donors (Lipinski definition) is 2. The number of nitrogens with zero attached hydrogens (tertiary/aromatic N) is 1. The van der Waals surface area contributed by atoms with Crippen LogP contribution in [0.2, 0.25) is 10.0 Å². The lowest BCUT2D eigenvalue weighted by Crippen LogP contribution is -2.14. The van der Waals surface area contributed by atoms with E-state index in [4.69, 9.17) is 23.2 Å². The molecule has 0 radical (unpaired) electrons. The van der Waals surface area contributed by atoms with Crippen molar-refractivity contribution in [3.63, 3.8) is 0 Å². The van der Waals surface area contributed by atoms with Crippen molar-refractivity contribution in [2.45, 2.75) is 19.9 Å². The van der Waals surface area contributed by atoms with E-state index in [9.17, 15) is 4.79 Å². The number of rotatable bonds is 4. The van der Waals surface area contributed by atoms with Crippen LogP contribution in [0.3, 0.4) is 0 Å². The molecule has 1 aromatic heterocycles. The Kier molecular flexibility index (Phi) is 5.04. The molecule has 4 nitrogen and oxygen atoms in total. The smallest absolute Gasteiger partial charge is 0.257 e. The fourth-order valence-corrected chi connectivity index (χ4v) is 2.12. The zero-order valence-electron chi connectivity index (χ0n) is 11.7. The topological polar surface area (TPSA) is 54.0 Å². The van der Waals surface area contributed by atoms with E-state index in [0.29, 0.717) is 21.3 Å². The summed E-state index contributed by atoms with van der Waals surface area (Å²) in [6.45, 7) is 4.02. The van der Waals surface area contributed by atoms with Gasteiger partial charge in [0, 0.05) is 18.4 Å². The first-order valence-corrected chi connectivity index (χ1v) is 7.20. The number of aromatic nitrogens is 1. The summed E-state index contributed by atoms with van der Waals surface area (Å²) in [5, 5.41) is 6.63. The lowest BCUT2D eigenvalue weighted by Gasteiger charge is -2.11. The van der Waals surface area contributed by atoms with Crippen LogP contribution in [0.1, 0.15) is 24.2 Å². The molecule has 110 valence electrons. The van der Waals surface area contributed by atoms with Crippen molar-refractivity contribution >= 4 is 40.5 Å². The van der Waals surface area contributed by atoms with Gasteiger partial charge in [0.2, 0.25) is 0 Å². The highest BCUT2D eigenvalue weighted by Gasteiger charge is 2.11. The number of carbonyl (C=O) groups is 1. The Labute approximate surface area is 133 Å². The molecule has 0 saturated heterocycles. The van der Waals surface area contributed by atoms with Gasteiger partial charge >= 0.3 is 0 Å². The van der Waals surface area contributed by atoms with Gasteiger partial charge in [-0.1, -0.05) is 29.3 Å². The SMILES string of the molecule is CC(C)Nc1cncc(C(=O)Nc2cccc(Cl)c2Cl)c1. The van der Waals surface area contributed by atoms with Crippen LogP contribution in [-0.4, -0.2) is 16.9 Å². The molecule has 1 amide bonds. The van der Waals surface area contributed by atoms with Crippen molar-refractivity contribution < 1.29 is 4.79 Å². The second kappa shape index (κ2) is 6.78. The van der Waals surface area contributed by atoms with Gasteiger partial charge in [-0.25, -0.2) is 0 Å². The van der Waals surface area contributed by atoms with E-state index < -0.39 is 0 Å². The zero-order chi connectivity index (χ0) is 15.4. The first-order chi connectivity index (χ1) is 9.97. The van der Waals surface area contributed by atoms with Gasteiger partial charge in [-0.05, 0) is 32.0 Å². The van der Waals surface area contributed by atoms with Gasteiger partial charge in [0.25, 0.3) is 5.91 Å². The fourth-order valence-electron chi connectivity index (χ4n) is 1.77. The average Bonchev–Trinajstić information content (AvgIpc) is 2.43. The second-order valence-corrected chi connectivity index (χ2v) is 5.60. The summed E-state index contributed by atoms with van der Waals surface area (Å²) in [7, 11) is 0. The van der Waals surface area contributed by atoms with Crippen molar-refractivity contribution in [2.75, 3.05) is 10.6 Å². The minimum Gasteiger partial charge on any atom is -0.382 e. The van der Waals surface area contributed by atoms with E-state index in [1.54, 1.807) is 30.5 Å². The molecule has 21 heavy (non-hydrogen) atoms. The Morgan fingerprint density at radius 3 is 2.71 bits per heavy atom. The second-order valence-electron chi connectivity index (χ2n) is 4.82. The lowest BCUT2D eigenvalue weighted by atomic mass is 10.2. The number of hydrogen-bond acceptors (Lipinski definition) is 3. The summed E-state index contributed by atoms with van der Waals surface area (Å²) < 4.78 is 0. The maximum absolute atomic E-state index is 12.2. The largest absolute Gasteiger partial charge is 0.382 e. The predicted octanol–water partition coefficient (Wildman–Crippen LogP) is 4.46. The molecule has 0 fully saturated rings. The molecule has 0 bridgehead atoms. The van der Waals surface area contributed by atoms with Crippen molar-refractivity contribution in [2.24, 2.45) is 0 Å². The van der Waals surface area contributed by atoms with E-state index in [0.717, 1.165) is 5.69 Å². The van der Waals surface area contributed by atoms with Crippen LogP contribution >= 0.6 is 23.2 Å². The van der Waals surface area contributed by atoms with Crippen molar-refractivity contribution in [1.82, 2.24) is 4.98 Å². The highest BCUT2D eigenvalue weighted by atomic mass is 35.5. The van der Waals surface area contributed by atoms with E-state index >= 15 is 0 Å². The number of halogens is 2. The number of benzene rings is 1. The average molecular weight is 324 g/mol. The molecule has 0 aliphatic carbocycles. The monoisotopic (exact) mass is 323 g/mol. The Bertz CT molecular complexity index is 659. The van der Waals surface area contributed by atoms with E-state index in [2.05, 4.69) is 15.6 Å². The summed E-state index contributed by atoms with van der Waals surface area (Å²) in [4.78, 5) is 16.3. The minimum absolute atomic E-state index is 0.257. The molecule has 2 aromatic rings. The van der Waals surface area contributed by atoms with Gasteiger partial charge in [-0.3, -0.25) is 9.78 Å². The molecule has 6 heteroatoms. The molecular weight excluding hydrogens is 309 g/mol. The van der Waals surface area contributed by atoms with Crippen LogP contribution in [0.4, 0.5) is 11.4 Å². The van der Waals surface area contributed by atoms with Gasteiger partial charge in [0.15, 0.2) is 0 Å². The van der Waals surface area contributed by atoms with Crippen LogP contribution in [0.15, 0.2) is 36.7 Å². The van der Waals surface area contributed by atoms with Gasteiger partial charge < -0.3 is 10.6 Å². The number of anilines is 2. The van der Waals surface area contributed by atoms with E-state index in [1.807, 2.05) is 13.8 Å². The molecule has 2 rings (SSSR count). The quantitative estimate of drug-likeness (QED) is 0.873. The van der Waals surface area contributed by atoms with Crippen molar-refractivity contribution in [3.8, 4) is 0 Å². The molecule has 0 aliphatic rings. The Morgan fingerprint density at radius 1 is 1.24 bits per heavy atom. The predicted molar refractivity (Wildman–Crippen MR) is 87.4 cm³/mol. The van der Waals surface area contributed by atoms with Crippen LogP contribution in [-0.2, 0) is 0 Å². The van der Waals surface area contributed by atoms with E-state index in [-0.39, 0.29) is 11.9 Å². The molecule has 0 spiro atoms. The van der Waals surface area contributed by atoms with Gasteiger partial charge in [0.1, 0.15) is 0 Å². The van der Waals surface area contributed by atoms with Crippen LogP contribution in [0.5, 0.6) is 0 Å². The maximum atomic E-state index is 12.2. The Hall–Kier alpha value is -1.78. The van der Waals surface area contributed by atoms with Gasteiger partial charge in [-0.15, -0.1) is 0 Å². The van der Waals surface area contributed by atoms with Crippen LogP contribution < -0.4 is 10.6 Å². The Morgan fingerprint density at radius 2 is 2.00 bits per heavy atom. The molecule has 0 saturated carbocycles. The third-order valence-corrected chi connectivity index (χ3v) is 3.47. The van der Waals surface area contributed by atoms with Crippen molar-refractivity contribution in [1.29, 1.82) is 0 Å². The minimum atomic E-state index is -0.293. The van der Waals surface area contributed by atoms with Gasteiger partial charge in [-0.2, -0.15) is 0 Å². The summed E-state index contributed by atoms with van der Waals surface area (Å²) in [5.41, 5.74) is 1.70. The molecule has 0 atom stereocenters. The fraction of sp³-hybridized carbons (Fsp3) is 0.200. The number of pyridine rings is 1. The first kappa shape index (κ1) is 15.6. The highest BCUT2D eigenvalue weighted by Crippen LogP contribution is 2.29. The summed E-state index contributed by atoms with van der Waals surface area (Å²) in [6, 6.07) is 7.07. The summed E-state index contributed by atoms with van der Waals surface area (Å²) in [6.07, 6.45) is 3.17. The molecule has 2 N–H and O–H groups in total. The van der Waals surface area contributed by atoms with Crippen LogP contribution in [0, 0.1) is 0 Å². The number of amides is 1. The Balaban J connectivity index is 2.18. The third kappa shape index (κ3) is 4.09. The number of carbonyl (C=O) groups excluding carboxylic acids is 1. The molecule has 1 aromatic carbocycles. The molecule has 0 aliphatic heterocycles. The van der Waals surface area contributed by atoms with E-state index in [1.165, 1.54) is 6.20 Å². The summed E-state index contributed by atoms with van der Waals surface area (Å²) >= 11 is 12.0. The van der Waals surface area contributed by atoms with Crippen LogP contribution in [0.25, 0.3) is 0 Å². The normalized spacial score (nSPS) is 10.5. The lowest BCUT2D eigenvalue weighted by molar-refractivity contribution is 0.102. The third-order valence-electron chi connectivity index (χ3n) is 2.66. The van der Waals surface area contributed by atoms with Crippen molar-refractivity contribution in [3.05, 3.63) is 52.3 Å². The summed E-state index contributed by atoms with van der Waals surface area (Å²) in [5.74, 6) is -0.293. The standard InChI is InChI=1S/C15H15Cl2N3O/c1-9(2)19-11-6-10(7-18-8-11)15(21)20-13-5-3-4-12(16)14(13)17/h3-9,19H,1-2H3,(H,20,21). The molecule has 1 heterocycles. The number of nitrogens with one attached hydrogen (secondary N) is 2. The van der Waals surface area contributed by atoms with Gasteiger partial charge in [0.05, 0.1) is 27.0 Å². The maximum Gasteiger partial charge on any atom is 0.257 e. The highest BCUT2D eigenvalue weighted by molar-refractivity contribution is 6.44. The molecular formula is C15H15Cl2N3O. The first-order valence-electron chi connectivity index (χ1n) is 6.44.